The third kappa shape index (κ3) is 6.44. The molecular weight excluding hydrogens is 254 g/mol. The van der Waals surface area contributed by atoms with Crippen molar-refractivity contribution in [3.05, 3.63) is 103 Å². The topological polar surface area (TPSA) is 3.24 Å². The summed E-state index contributed by atoms with van der Waals surface area (Å²) in [6.07, 6.45) is 17.5. The van der Waals surface area contributed by atoms with E-state index in [9.17, 15) is 0 Å². The van der Waals surface area contributed by atoms with Crippen LogP contribution in [-0.2, 0) is 0 Å². The number of allylic oxidation sites excluding steroid dienone is 8. The molecule has 0 unspecified atom stereocenters. The van der Waals surface area contributed by atoms with Gasteiger partial charge in [0.05, 0.1) is 0 Å². The Bertz CT molecular complexity index is 586. The van der Waals surface area contributed by atoms with E-state index in [4.69, 9.17) is 0 Å². The van der Waals surface area contributed by atoms with E-state index in [-0.39, 0.29) is 0 Å². The average Bonchev–Trinajstić information content (AvgIpc) is 2.49. The molecule has 0 aromatic heterocycles. The molecule has 21 heavy (non-hydrogen) atoms. The van der Waals surface area contributed by atoms with Crippen LogP contribution in [0.15, 0.2) is 97.9 Å². The van der Waals surface area contributed by atoms with E-state index >= 15 is 0 Å². The molecule has 0 aliphatic carbocycles. The minimum atomic E-state index is 1.12. The van der Waals surface area contributed by atoms with Crippen molar-refractivity contribution in [2.75, 3.05) is 4.90 Å². The first-order valence-corrected chi connectivity index (χ1v) is 6.96. The summed E-state index contributed by atoms with van der Waals surface area (Å²) in [7, 11) is 0. The van der Waals surface area contributed by atoms with Crippen molar-refractivity contribution in [2.24, 2.45) is 0 Å². The van der Waals surface area contributed by atoms with E-state index in [0.717, 1.165) is 11.3 Å². The van der Waals surface area contributed by atoms with Crippen molar-refractivity contribution < 1.29 is 0 Å². The lowest BCUT2D eigenvalue weighted by atomic mass is 10.2. The van der Waals surface area contributed by atoms with E-state index in [1.165, 1.54) is 5.56 Å². The van der Waals surface area contributed by atoms with Crippen LogP contribution in [0.25, 0.3) is 0 Å². The first-order chi connectivity index (χ1) is 10.2. The maximum absolute atomic E-state index is 3.75. The van der Waals surface area contributed by atoms with E-state index in [2.05, 4.69) is 49.2 Å². The Morgan fingerprint density at radius 2 is 1.81 bits per heavy atom. The molecule has 1 rings (SSSR count). The molecule has 1 aromatic rings. The lowest BCUT2D eigenvalue weighted by Gasteiger charge is -2.15. The third-order valence-corrected chi connectivity index (χ3v) is 2.83. The smallest absolute Gasteiger partial charge is 0.0451 e. The van der Waals surface area contributed by atoms with Crippen LogP contribution in [0.2, 0.25) is 0 Å². The lowest BCUT2D eigenvalue weighted by molar-refractivity contribution is 1.26. The summed E-state index contributed by atoms with van der Waals surface area (Å²) < 4.78 is 0. The molecule has 108 valence electrons. The monoisotopic (exact) mass is 277 g/mol. The molecular formula is C20H23N. The van der Waals surface area contributed by atoms with Gasteiger partial charge in [-0.25, -0.2) is 0 Å². The molecule has 0 radical (unpaired) electrons. The van der Waals surface area contributed by atoms with Crippen molar-refractivity contribution in [3.8, 4) is 0 Å². The van der Waals surface area contributed by atoms with Crippen LogP contribution in [0.5, 0.6) is 0 Å². The first-order valence-electron chi connectivity index (χ1n) is 6.96. The minimum absolute atomic E-state index is 1.12. The Balaban J connectivity index is 2.99. The second-order valence-electron chi connectivity index (χ2n) is 4.66. The molecule has 0 spiro atoms. The van der Waals surface area contributed by atoms with Crippen molar-refractivity contribution in [1.82, 2.24) is 0 Å². The normalized spacial score (nSPS) is 12.4. The van der Waals surface area contributed by atoms with Crippen LogP contribution in [0.3, 0.4) is 0 Å². The van der Waals surface area contributed by atoms with Gasteiger partial charge in [0.15, 0.2) is 0 Å². The molecule has 1 heteroatoms. The summed E-state index contributed by atoms with van der Waals surface area (Å²) in [5, 5.41) is 0. The quantitative estimate of drug-likeness (QED) is 0.577. The molecule has 0 aliphatic heterocycles. The average molecular weight is 277 g/mol. The van der Waals surface area contributed by atoms with Gasteiger partial charge >= 0.3 is 0 Å². The van der Waals surface area contributed by atoms with Gasteiger partial charge in [-0.3, -0.25) is 0 Å². The van der Waals surface area contributed by atoms with Gasteiger partial charge in [-0.1, -0.05) is 61.2 Å². The van der Waals surface area contributed by atoms with Crippen LogP contribution >= 0.6 is 0 Å². The minimum Gasteiger partial charge on any atom is -0.324 e. The molecule has 1 aromatic carbocycles. The molecule has 0 aliphatic rings. The summed E-state index contributed by atoms with van der Waals surface area (Å²) in [6, 6.07) is 8.39. The molecule has 0 bridgehead atoms. The third-order valence-electron chi connectivity index (χ3n) is 2.83. The zero-order chi connectivity index (χ0) is 15.5. The highest BCUT2D eigenvalue weighted by molar-refractivity contribution is 5.54. The van der Waals surface area contributed by atoms with Crippen molar-refractivity contribution in [2.45, 2.75) is 13.8 Å². The number of hydrogen-bond donors (Lipinski definition) is 0. The van der Waals surface area contributed by atoms with Crippen LogP contribution in [-0.4, -0.2) is 0 Å². The Morgan fingerprint density at radius 3 is 2.48 bits per heavy atom. The summed E-state index contributed by atoms with van der Waals surface area (Å²) >= 11 is 0. The molecule has 0 amide bonds. The SMILES string of the molecule is C=C/C=C\C=C/N(/C=C\C=C(\C)C=C)c1cccc(C)c1. The predicted octanol–water partition coefficient (Wildman–Crippen LogP) is 5.70. The Labute approximate surface area is 128 Å². The summed E-state index contributed by atoms with van der Waals surface area (Å²) in [5.74, 6) is 0. The summed E-state index contributed by atoms with van der Waals surface area (Å²) in [5.41, 5.74) is 3.49. The van der Waals surface area contributed by atoms with E-state index < -0.39 is 0 Å². The second-order valence-corrected chi connectivity index (χ2v) is 4.66. The number of anilines is 1. The van der Waals surface area contributed by atoms with Gasteiger partial charge < -0.3 is 4.90 Å². The number of rotatable bonds is 7. The maximum atomic E-state index is 3.75. The highest BCUT2D eigenvalue weighted by atomic mass is 15.1. The molecule has 0 N–H and O–H groups in total. The molecule has 0 saturated carbocycles. The second kappa shape index (κ2) is 9.38. The number of benzene rings is 1. The van der Waals surface area contributed by atoms with Crippen molar-refractivity contribution >= 4 is 5.69 Å². The Kier molecular flexibility index (Phi) is 7.37. The van der Waals surface area contributed by atoms with Crippen molar-refractivity contribution in [1.29, 1.82) is 0 Å². The molecule has 0 fully saturated rings. The fraction of sp³-hybridized carbons (Fsp3) is 0.100. The van der Waals surface area contributed by atoms with Gasteiger partial charge in [-0.15, -0.1) is 0 Å². The van der Waals surface area contributed by atoms with Crippen LogP contribution in [0.4, 0.5) is 5.69 Å². The zero-order valence-electron chi connectivity index (χ0n) is 12.9. The van der Waals surface area contributed by atoms with Gasteiger partial charge in [0.1, 0.15) is 0 Å². The van der Waals surface area contributed by atoms with E-state index in [0.29, 0.717) is 0 Å². The maximum Gasteiger partial charge on any atom is 0.0451 e. The summed E-state index contributed by atoms with van der Waals surface area (Å²) in [4.78, 5) is 2.08. The molecule has 1 nitrogen and oxygen atoms in total. The standard InChI is InChI=1S/C20H23N/c1-5-7-8-9-15-21(16-11-13-18(3)6-2)20-14-10-12-19(4)17-20/h5-17H,1-2H2,3-4H3/b8-7-,15-9-,16-11-,18-13-. The van der Waals surface area contributed by atoms with Crippen LogP contribution in [0.1, 0.15) is 12.5 Å². The van der Waals surface area contributed by atoms with E-state index in [1.54, 1.807) is 6.08 Å². The van der Waals surface area contributed by atoms with Gasteiger partial charge in [-0.2, -0.15) is 0 Å². The van der Waals surface area contributed by atoms with Crippen LogP contribution < -0.4 is 4.90 Å². The highest BCUT2D eigenvalue weighted by Gasteiger charge is 1.98. The number of aryl methyl sites for hydroxylation is 1. The molecule has 0 atom stereocenters. The van der Waals surface area contributed by atoms with Gasteiger partial charge in [0, 0.05) is 18.1 Å². The lowest BCUT2D eigenvalue weighted by Crippen LogP contribution is -2.06. The largest absolute Gasteiger partial charge is 0.324 e. The fourth-order valence-corrected chi connectivity index (χ4v) is 1.65. The molecule has 0 heterocycles. The van der Waals surface area contributed by atoms with Gasteiger partial charge in [-0.05, 0) is 43.7 Å². The zero-order valence-corrected chi connectivity index (χ0v) is 12.9. The van der Waals surface area contributed by atoms with Crippen LogP contribution in [0, 0.1) is 6.92 Å². The molecule has 0 saturated heterocycles. The van der Waals surface area contributed by atoms with E-state index in [1.807, 2.05) is 55.8 Å². The number of hydrogen-bond acceptors (Lipinski definition) is 1. The summed E-state index contributed by atoms with van der Waals surface area (Å²) in [6.45, 7) is 11.5. The highest BCUT2D eigenvalue weighted by Crippen LogP contribution is 2.17. The fourth-order valence-electron chi connectivity index (χ4n) is 1.65. The van der Waals surface area contributed by atoms with Crippen molar-refractivity contribution in [3.63, 3.8) is 0 Å². The first kappa shape index (κ1) is 16.5. The Morgan fingerprint density at radius 1 is 1.05 bits per heavy atom. The van der Waals surface area contributed by atoms with Gasteiger partial charge in [0.25, 0.3) is 0 Å². The number of nitrogens with zero attached hydrogens (tertiary/aromatic N) is 1. The predicted molar refractivity (Wildman–Crippen MR) is 95.2 cm³/mol. The van der Waals surface area contributed by atoms with Gasteiger partial charge in [0.2, 0.25) is 0 Å². The Hall–Kier alpha value is -2.54.